The summed E-state index contributed by atoms with van der Waals surface area (Å²) in [5.41, 5.74) is 5.66. The first kappa shape index (κ1) is 28.6. The zero-order valence-corrected chi connectivity index (χ0v) is 24.3. The summed E-state index contributed by atoms with van der Waals surface area (Å²) < 4.78 is 0. The number of ketones is 1. The Balaban J connectivity index is 1.23. The van der Waals surface area contributed by atoms with E-state index in [9.17, 15) is 9.59 Å². The third-order valence-corrected chi connectivity index (χ3v) is 8.39. The van der Waals surface area contributed by atoms with Gasteiger partial charge in [0.25, 0.3) is 0 Å². The number of Topliss-reactive ketones (excluding diaryl/α,β-unsaturated/α-hetero) is 1. The summed E-state index contributed by atoms with van der Waals surface area (Å²) >= 11 is 6.44. The molecule has 0 aromatic heterocycles. The van der Waals surface area contributed by atoms with Gasteiger partial charge in [-0.2, -0.15) is 0 Å². The molecule has 4 aromatic rings. The molecule has 41 heavy (non-hydrogen) atoms. The van der Waals surface area contributed by atoms with Crippen LogP contribution in [0.3, 0.4) is 0 Å². The number of piperidine rings is 1. The van der Waals surface area contributed by atoms with E-state index in [0.29, 0.717) is 29.5 Å². The number of carbonyl (C=O) groups is 2. The van der Waals surface area contributed by atoms with Crippen molar-refractivity contribution in [2.24, 2.45) is 5.92 Å². The lowest BCUT2D eigenvalue weighted by molar-refractivity contribution is -0.124. The Morgan fingerprint density at radius 1 is 0.829 bits per heavy atom. The average Bonchev–Trinajstić information content (AvgIpc) is 3.02. The van der Waals surface area contributed by atoms with Crippen molar-refractivity contribution in [1.29, 1.82) is 0 Å². The minimum absolute atomic E-state index is 0.0717. The second-order valence-corrected chi connectivity index (χ2v) is 11.2. The quantitative estimate of drug-likeness (QED) is 0.199. The summed E-state index contributed by atoms with van der Waals surface area (Å²) in [5.74, 6) is 0.400. The second kappa shape index (κ2) is 13.6. The fraction of sp³-hybridized carbons (Fsp3) is 0.278. The van der Waals surface area contributed by atoms with E-state index in [2.05, 4.69) is 53.5 Å². The molecule has 4 aromatic carbocycles. The highest BCUT2D eigenvalue weighted by Crippen LogP contribution is 2.35. The number of nitrogens with one attached hydrogen (secondary N) is 1. The molecule has 210 valence electrons. The summed E-state index contributed by atoms with van der Waals surface area (Å²) in [5, 5.41) is 3.77. The van der Waals surface area contributed by atoms with Crippen LogP contribution in [0.4, 0.5) is 5.69 Å². The molecule has 1 unspecified atom stereocenters. The number of halogens is 1. The molecule has 0 aliphatic carbocycles. The van der Waals surface area contributed by atoms with Gasteiger partial charge in [0, 0.05) is 47.9 Å². The van der Waals surface area contributed by atoms with E-state index in [4.69, 9.17) is 11.6 Å². The van der Waals surface area contributed by atoms with Gasteiger partial charge in [0.15, 0.2) is 5.78 Å². The van der Waals surface area contributed by atoms with Crippen LogP contribution in [0, 0.1) is 5.92 Å². The molecule has 5 heteroatoms. The van der Waals surface area contributed by atoms with E-state index in [-0.39, 0.29) is 17.6 Å². The van der Waals surface area contributed by atoms with E-state index >= 15 is 0 Å². The minimum atomic E-state index is -0.119. The smallest absolute Gasteiger partial charge is 0.227 e. The van der Waals surface area contributed by atoms with Crippen LogP contribution in [0.25, 0.3) is 11.1 Å². The lowest BCUT2D eigenvalue weighted by Gasteiger charge is -2.37. The minimum Gasteiger partial charge on any atom is -0.372 e. The molecule has 0 radical (unpaired) electrons. The van der Waals surface area contributed by atoms with E-state index in [1.807, 2.05) is 66.7 Å². The number of nitrogens with zero attached hydrogens (tertiary/aromatic N) is 1. The third-order valence-electron chi connectivity index (χ3n) is 8.06. The van der Waals surface area contributed by atoms with Crippen LogP contribution in [0.15, 0.2) is 103 Å². The van der Waals surface area contributed by atoms with Crippen molar-refractivity contribution in [2.45, 2.75) is 38.5 Å². The summed E-state index contributed by atoms with van der Waals surface area (Å²) in [6.07, 6.45) is 3.17. The molecule has 1 aliphatic heterocycles. The third kappa shape index (κ3) is 6.89. The van der Waals surface area contributed by atoms with Crippen molar-refractivity contribution in [2.75, 3.05) is 24.5 Å². The summed E-state index contributed by atoms with van der Waals surface area (Å²) in [6.45, 7) is 4.59. The van der Waals surface area contributed by atoms with Crippen molar-refractivity contribution in [3.05, 3.63) is 125 Å². The molecule has 4 nitrogen and oxygen atoms in total. The van der Waals surface area contributed by atoms with Gasteiger partial charge in [-0.3, -0.25) is 9.59 Å². The monoisotopic (exact) mass is 564 g/mol. The Morgan fingerprint density at radius 2 is 1.46 bits per heavy atom. The molecular weight excluding hydrogens is 528 g/mol. The first-order chi connectivity index (χ1) is 20.0. The Hall–Kier alpha value is -3.89. The normalized spacial score (nSPS) is 14.4. The lowest BCUT2D eigenvalue weighted by atomic mass is 9.79. The van der Waals surface area contributed by atoms with Crippen LogP contribution in [0.5, 0.6) is 0 Å². The van der Waals surface area contributed by atoms with Crippen LogP contribution in [-0.4, -0.2) is 31.3 Å². The maximum Gasteiger partial charge on any atom is 0.227 e. The van der Waals surface area contributed by atoms with Gasteiger partial charge in [0.2, 0.25) is 5.91 Å². The number of hydrogen-bond donors (Lipinski definition) is 1. The SMILES string of the molecule is CCCNC(=O)C(c1ccccc1)C1CCN(c2ccc(CC(=O)c3ccccc3-c3ccccc3Cl)cc2)CC1. The standard InChI is InChI=1S/C36H37ClN2O2/c1-2-22-38-36(41)35(27-10-4-3-5-11-27)28-20-23-39(24-21-28)29-18-16-26(17-19-29)25-34(40)32-14-7-6-12-30(32)31-13-8-9-15-33(31)37/h3-19,28,35H,2,20-25H2,1H3,(H,38,41). The summed E-state index contributed by atoms with van der Waals surface area (Å²) in [4.78, 5) is 28.9. The van der Waals surface area contributed by atoms with E-state index in [1.165, 1.54) is 0 Å². The molecule has 1 amide bonds. The fourth-order valence-electron chi connectivity index (χ4n) is 5.89. The summed E-state index contributed by atoms with van der Waals surface area (Å²) in [6, 6.07) is 33.9. The van der Waals surface area contributed by atoms with Crippen molar-refractivity contribution in [3.63, 3.8) is 0 Å². The van der Waals surface area contributed by atoms with E-state index in [1.54, 1.807) is 0 Å². The van der Waals surface area contributed by atoms with Gasteiger partial charge in [0.05, 0.1) is 5.92 Å². The zero-order chi connectivity index (χ0) is 28.6. The molecule has 5 rings (SSSR count). The molecule has 1 saturated heterocycles. The van der Waals surface area contributed by atoms with Gasteiger partial charge in [-0.1, -0.05) is 103 Å². The van der Waals surface area contributed by atoms with Gasteiger partial charge >= 0.3 is 0 Å². The van der Waals surface area contributed by atoms with Gasteiger partial charge in [-0.25, -0.2) is 0 Å². The molecule has 0 saturated carbocycles. The zero-order valence-electron chi connectivity index (χ0n) is 23.6. The van der Waals surface area contributed by atoms with Crippen LogP contribution in [0.2, 0.25) is 5.02 Å². The number of carbonyl (C=O) groups excluding carboxylic acids is 2. The van der Waals surface area contributed by atoms with Crippen LogP contribution in [-0.2, 0) is 11.2 Å². The first-order valence-corrected chi connectivity index (χ1v) is 15.0. The maximum absolute atomic E-state index is 13.4. The van der Waals surface area contributed by atoms with Gasteiger partial charge in [-0.15, -0.1) is 0 Å². The predicted octanol–water partition coefficient (Wildman–Crippen LogP) is 7.96. The molecule has 1 heterocycles. The Bertz CT molecular complexity index is 1460. The highest BCUT2D eigenvalue weighted by molar-refractivity contribution is 6.33. The van der Waals surface area contributed by atoms with E-state index in [0.717, 1.165) is 60.3 Å². The molecule has 1 aliphatic rings. The average molecular weight is 565 g/mol. The van der Waals surface area contributed by atoms with Crippen LogP contribution < -0.4 is 10.2 Å². The van der Waals surface area contributed by atoms with Crippen LogP contribution >= 0.6 is 11.6 Å². The highest BCUT2D eigenvalue weighted by Gasteiger charge is 2.32. The van der Waals surface area contributed by atoms with Crippen LogP contribution in [0.1, 0.15) is 53.6 Å². The lowest BCUT2D eigenvalue weighted by Crippen LogP contribution is -2.40. The molecule has 1 fully saturated rings. The second-order valence-electron chi connectivity index (χ2n) is 10.8. The van der Waals surface area contributed by atoms with Gasteiger partial charge < -0.3 is 10.2 Å². The first-order valence-electron chi connectivity index (χ1n) is 14.6. The highest BCUT2D eigenvalue weighted by atomic mass is 35.5. The predicted molar refractivity (Wildman–Crippen MR) is 169 cm³/mol. The van der Waals surface area contributed by atoms with E-state index < -0.39 is 0 Å². The fourth-order valence-corrected chi connectivity index (χ4v) is 6.13. The largest absolute Gasteiger partial charge is 0.372 e. The molecule has 1 N–H and O–H groups in total. The molecular formula is C36H37ClN2O2. The van der Waals surface area contributed by atoms with Crippen molar-refractivity contribution >= 4 is 29.0 Å². The van der Waals surface area contributed by atoms with Crippen molar-refractivity contribution in [3.8, 4) is 11.1 Å². The number of benzene rings is 4. The Labute approximate surface area is 248 Å². The van der Waals surface area contributed by atoms with Gasteiger partial charge in [-0.05, 0) is 60.1 Å². The number of anilines is 1. The molecule has 1 atom stereocenters. The Morgan fingerprint density at radius 3 is 2.15 bits per heavy atom. The summed E-state index contributed by atoms with van der Waals surface area (Å²) in [7, 11) is 0. The topological polar surface area (TPSA) is 49.4 Å². The Kier molecular flexibility index (Phi) is 9.53. The van der Waals surface area contributed by atoms with Crippen molar-refractivity contribution < 1.29 is 9.59 Å². The maximum atomic E-state index is 13.4. The molecule has 0 bridgehead atoms. The number of hydrogen-bond acceptors (Lipinski definition) is 3. The van der Waals surface area contributed by atoms with Gasteiger partial charge in [0.1, 0.15) is 0 Å². The number of amides is 1. The number of rotatable bonds is 10. The van der Waals surface area contributed by atoms with Crippen molar-refractivity contribution in [1.82, 2.24) is 5.32 Å². The molecule has 0 spiro atoms.